The molecule has 1 aliphatic heterocycles. The summed E-state index contributed by atoms with van der Waals surface area (Å²) >= 11 is 0. The first-order valence-corrected chi connectivity index (χ1v) is 10.6. The number of aryl methyl sites for hydroxylation is 2. The van der Waals surface area contributed by atoms with Crippen LogP contribution in [0.15, 0.2) is 47.5 Å². The molecule has 0 unspecified atom stereocenters. The maximum absolute atomic E-state index is 6.20. The standard InChI is InChI=1S/C24H33N3O2.HI/c1-3-20-9-6-10-21(4-2)23(20)27-24(25)26-16-18-7-5-8-19(15-18)17-29-22-11-13-28-14-12-22;/h5-10,15,22H,3-4,11-14,16-17H2,1-2H3,(H3,25,26,27);1H. The number of halogens is 1. The first kappa shape index (κ1) is 24.6. The molecule has 0 aromatic heterocycles. The molecule has 2 aromatic carbocycles. The molecule has 1 heterocycles. The molecule has 0 bridgehead atoms. The van der Waals surface area contributed by atoms with Crippen molar-refractivity contribution in [3.8, 4) is 0 Å². The van der Waals surface area contributed by atoms with Gasteiger partial charge in [0.05, 0.1) is 19.3 Å². The van der Waals surface area contributed by atoms with Crippen molar-refractivity contribution in [2.24, 2.45) is 10.7 Å². The zero-order valence-electron chi connectivity index (χ0n) is 18.0. The summed E-state index contributed by atoms with van der Waals surface area (Å²) in [6.45, 7) is 7.07. The van der Waals surface area contributed by atoms with Crippen LogP contribution in [0.4, 0.5) is 5.69 Å². The van der Waals surface area contributed by atoms with Crippen molar-refractivity contribution in [1.29, 1.82) is 0 Å². The Hall–Kier alpha value is -1.64. The highest BCUT2D eigenvalue weighted by Crippen LogP contribution is 2.22. The molecule has 0 atom stereocenters. The lowest BCUT2D eigenvalue weighted by Crippen LogP contribution is -2.24. The van der Waals surface area contributed by atoms with Crippen LogP contribution in [-0.4, -0.2) is 25.3 Å². The minimum atomic E-state index is 0. The maximum atomic E-state index is 6.20. The smallest absolute Gasteiger partial charge is 0.193 e. The van der Waals surface area contributed by atoms with Crippen molar-refractivity contribution in [3.05, 3.63) is 64.7 Å². The quantitative estimate of drug-likeness (QED) is 0.289. The molecule has 0 aliphatic carbocycles. The number of benzene rings is 2. The van der Waals surface area contributed by atoms with Crippen LogP contribution in [-0.2, 0) is 35.5 Å². The zero-order chi connectivity index (χ0) is 20.5. The van der Waals surface area contributed by atoms with Gasteiger partial charge in [0.25, 0.3) is 0 Å². The van der Waals surface area contributed by atoms with E-state index >= 15 is 0 Å². The summed E-state index contributed by atoms with van der Waals surface area (Å²) in [4.78, 5) is 4.56. The van der Waals surface area contributed by atoms with Crippen LogP contribution in [0, 0.1) is 0 Å². The van der Waals surface area contributed by atoms with Crippen LogP contribution in [0.1, 0.15) is 48.9 Å². The second kappa shape index (κ2) is 12.9. The molecule has 0 spiro atoms. The Morgan fingerprint density at radius 3 is 2.37 bits per heavy atom. The van der Waals surface area contributed by atoms with Gasteiger partial charge in [-0.3, -0.25) is 0 Å². The molecule has 164 valence electrons. The molecule has 6 heteroatoms. The van der Waals surface area contributed by atoms with E-state index in [0.29, 0.717) is 25.2 Å². The summed E-state index contributed by atoms with van der Waals surface area (Å²) in [6, 6.07) is 14.7. The first-order chi connectivity index (χ1) is 14.2. The van der Waals surface area contributed by atoms with Crippen molar-refractivity contribution in [2.45, 2.75) is 58.8 Å². The Labute approximate surface area is 197 Å². The largest absolute Gasteiger partial charge is 0.381 e. The van der Waals surface area contributed by atoms with Crippen LogP contribution in [0.2, 0.25) is 0 Å². The molecule has 1 fully saturated rings. The lowest BCUT2D eigenvalue weighted by molar-refractivity contribution is -0.0390. The van der Waals surface area contributed by atoms with E-state index in [1.165, 1.54) is 16.7 Å². The van der Waals surface area contributed by atoms with Gasteiger partial charge < -0.3 is 20.5 Å². The topological polar surface area (TPSA) is 68.9 Å². The molecule has 5 nitrogen and oxygen atoms in total. The zero-order valence-corrected chi connectivity index (χ0v) is 20.4. The third-order valence-corrected chi connectivity index (χ3v) is 5.33. The number of guanidine groups is 1. The molecular formula is C24H34IN3O2. The molecule has 0 saturated carbocycles. The number of anilines is 1. The molecule has 0 amide bonds. The van der Waals surface area contributed by atoms with Crippen LogP contribution >= 0.6 is 24.0 Å². The van der Waals surface area contributed by atoms with Crippen LogP contribution in [0.3, 0.4) is 0 Å². The molecule has 3 rings (SSSR count). The van der Waals surface area contributed by atoms with Crippen molar-refractivity contribution in [1.82, 2.24) is 0 Å². The summed E-state index contributed by atoms with van der Waals surface area (Å²) in [5.41, 5.74) is 12.1. The number of para-hydroxylation sites is 1. The minimum absolute atomic E-state index is 0. The van der Waals surface area contributed by atoms with Crippen molar-refractivity contribution in [3.63, 3.8) is 0 Å². The van der Waals surface area contributed by atoms with E-state index in [1.807, 2.05) is 0 Å². The summed E-state index contributed by atoms with van der Waals surface area (Å²) < 4.78 is 11.4. The Balaban J connectivity index is 0.00000320. The van der Waals surface area contributed by atoms with Gasteiger partial charge in [-0.15, -0.1) is 24.0 Å². The lowest BCUT2D eigenvalue weighted by Gasteiger charge is -2.22. The summed E-state index contributed by atoms with van der Waals surface area (Å²) in [5.74, 6) is 0.449. The Morgan fingerprint density at radius 1 is 1.07 bits per heavy atom. The molecule has 1 aliphatic rings. The van der Waals surface area contributed by atoms with Crippen LogP contribution in [0.25, 0.3) is 0 Å². The van der Waals surface area contributed by atoms with Crippen LogP contribution in [0.5, 0.6) is 0 Å². The maximum Gasteiger partial charge on any atom is 0.193 e. The van der Waals surface area contributed by atoms with Gasteiger partial charge in [-0.05, 0) is 47.9 Å². The normalized spacial score (nSPS) is 14.9. The van der Waals surface area contributed by atoms with E-state index in [9.17, 15) is 0 Å². The molecular weight excluding hydrogens is 489 g/mol. The molecule has 30 heavy (non-hydrogen) atoms. The van der Waals surface area contributed by atoms with Crippen LogP contribution < -0.4 is 11.1 Å². The average molecular weight is 523 g/mol. The van der Waals surface area contributed by atoms with Gasteiger partial charge in [0, 0.05) is 18.9 Å². The summed E-state index contributed by atoms with van der Waals surface area (Å²) in [5, 5.41) is 3.33. The lowest BCUT2D eigenvalue weighted by atomic mass is 10.0. The SMILES string of the molecule is CCc1cccc(CC)c1NC(N)=NCc1cccc(COC2CCOCC2)c1.I. The number of ether oxygens (including phenoxy) is 2. The fourth-order valence-corrected chi connectivity index (χ4v) is 3.62. The molecule has 3 N–H and O–H groups in total. The Bertz CT molecular complexity index is 798. The van der Waals surface area contributed by atoms with Gasteiger partial charge in [-0.1, -0.05) is 56.3 Å². The number of nitrogens with two attached hydrogens (primary N) is 1. The Morgan fingerprint density at radius 2 is 1.70 bits per heavy atom. The van der Waals surface area contributed by atoms with E-state index in [0.717, 1.165) is 50.1 Å². The second-order valence-corrected chi connectivity index (χ2v) is 7.43. The highest BCUT2D eigenvalue weighted by atomic mass is 127. The number of hydrogen-bond acceptors (Lipinski definition) is 3. The van der Waals surface area contributed by atoms with E-state index in [2.05, 4.69) is 66.6 Å². The second-order valence-electron chi connectivity index (χ2n) is 7.43. The Kier molecular flexibility index (Phi) is 10.6. The molecule has 0 radical (unpaired) electrons. The highest BCUT2D eigenvalue weighted by molar-refractivity contribution is 14.0. The third kappa shape index (κ3) is 7.25. The molecule has 2 aromatic rings. The van der Waals surface area contributed by atoms with Crippen molar-refractivity contribution < 1.29 is 9.47 Å². The predicted molar refractivity (Wildman–Crippen MR) is 135 cm³/mol. The van der Waals surface area contributed by atoms with Crippen molar-refractivity contribution in [2.75, 3.05) is 18.5 Å². The predicted octanol–water partition coefficient (Wildman–Crippen LogP) is 5.05. The number of rotatable bonds is 8. The summed E-state index contributed by atoms with van der Waals surface area (Å²) in [7, 11) is 0. The summed E-state index contributed by atoms with van der Waals surface area (Å²) in [6.07, 6.45) is 4.17. The van der Waals surface area contributed by atoms with Gasteiger partial charge in [0.1, 0.15) is 0 Å². The van der Waals surface area contributed by atoms with Gasteiger partial charge in [-0.25, -0.2) is 4.99 Å². The van der Waals surface area contributed by atoms with E-state index < -0.39 is 0 Å². The highest BCUT2D eigenvalue weighted by Gasteiger charge is 2.14. The van der Waals surface area contributed by atoms with E-state index in [1.54, 1.807) is 0 Å². The number of aliphatic imine (C=N–C) groups is 1. The van der Waals surface area contributed by atoms with Gasteiger partial charge in [0.2, 0.25) is 0 Å². The average Bonchev–Trinajstić information content (AvgIpc) is 2.77. The fraction of sp³-hybridized carbons (Fsp3) is 0.458. The fourth-order valence-electron chi connectivity index (χ4n) is 3.62. The van der Waals surface area contributed by atoms with Gasteiger partial charge in [-0.2, -0.15) is 0 Å². The number of nitrogens with zero attached hydrogens (tertiary/aromatic N) is 1. The molecule has 1 saturated heterocycles. The van der Waals surface area contributed by atoms with Gasteiger partial charge in [0.15, 0.2) is 5.96 Å². The number of nitrogens with one attached hydrogen (secondary N) is 1. The van der Waals surface area contributed by atoms with E-state index in [4.69, 9.17) is 15.2 Å². The third-order valence-electron chi connectivity index (χ3n) is 5.33. The van der Waals surface area contributed by atoms with Gasteiger partial charge >= 0.3 is 0 Å². The van der Waals surface area contributed by atoms with E-state index in [-0.39, 0.29) is 24.0 Å². The monoisotopic (exact) mass is 523 g/mol. The minimum Gasteiger partial charge on any atom is -0.381 e. The van der Waals surface area contributed by atoms with Crippen molar-refractivity contribution >= 4 is 35.6 Å². The number of hydrogen-bond donors (Lipinski definition) is 2. The first-order valence-electron chi connectivity index (χ1n) is 10.6.